The van der Waals surface area contributed by atoms with Crippen molar-refractivity contribution in [3.63, 3.8) is 0 Å². The molecule has 79 heavy (non-hydrogen) atoms. The summed E-state index contributed by atoms with van der Waals surface area (Å²) < 4.78 is 16.9. The van der Waals surface area contributed by atoms with Crippen molar-refractivity contribution < 1.29 is 28.6 Å². The molecule has 0 aromatic rings. The Bertz CT molecular complexity index is 1450. The first-order valence-corrected chi connectivity index (χ1v) is 34.4. The molecule has 0 rings (SSSR count). The van der Waals surface area contributed by atoms with Crippen LogP contribution in [0.25, 0.3) is 0 Å². The fraction of sp³-hybridized carbons (Fsp3) is 0.795. The smallest absolute Gasteiger partial charge is 0.306 e. The molecule has 0 aromatic carbocycles. The van der Waals surface area contributed by atoms with Gasteiger partial charge in [-0.25, -0.2) is 0 Å². The molecule has 1 atom stereocenters. The van der Waals surface area contributed by atoms with E-state index in [1.165, 1.54) is 231 Å². The molecule has 0 N–H and O–H groups in total. The van der Waals surface area contributed by atoms with Crippen LogP contribution in [0.5, 0.6) is 0 Å². The van der Waals surface area contributed by atoms with Gasteiger partial charge in [-0.2, -0.15) is 0 Å². The highest BCUT2D eigenvalue weighted by Crippen LogP contribution is 2.18. The van der Waals surface area contributed by atoms with Crippen LogP contribution in [0.2, 0.25) is 0 Å². The van der Waals surface area contributed by atoms with Crippen LogP contribution in [0, 0.1) is 0 Å². The summed E-state index contributed by atoms with van der Waals surface area (Å²) in [6.07, 6.45) is 87.9. The van der Waals surface area contributed by atoms with Crippen LogP contribution in [-0.4, -0.2) is 37.2 Å². The van der Waals surface area contributed by atoms with E-state index in [4.69, 9.17) is 14.2 Å². The van der Waals surface area contributed by atoms with E-state index in [2.05, 4.69) is 93.7 Å². The lowest BCUT2D eigenvalue weighted by Gasteiger charge is -2.18. The molecule has 0 aliphatic carbocycles. The second-order valence-electron chi connectivity index (χ2n) is 23.1. The van der Waals surface area contributed by atoms with Gasteiger partial charge >= 0.3 is 17.9 Å². The molecule has 6 heteroatoms. The zero-order valence-corrected chi connectivity index (χ0v) is 52.6. The predicted molar refractivity (Wildman–Crippen MR) is 344 cm³/mol. The zero-order valence-electron chi connectivity index (χ0n) is 52.6. The number of carbonyl (C=O) groups excluding carboxylic acids is 3. The largest absolute Gasteiger partial charge is 0.462 e. The minimum Gasteiger partial charge on any atom is -0.462 e. The highest BCUT2D eigenvalue weighted by Gasteiger charge is 2.19. The standard InChI is InChI=1S/C73H130O6/c1-4-7-10-13-16-19-22-25-28-31-33-34-35-36-37-38-39-40-43-45-48-51-54-57-60-63-66-72(75)78-69-70(68-77-71(74)65-62-59-56-53-50-47-44-41-30-27-24-21-18-15-12-9-6-3)79-73(76)67-64-61-58-55-52-49-46-42-32-29-26-23-20-17-14-11-8-5-2/h9,12,18,21,27,29-30,32,44,47,53,56,70H,4-8,10-11,13-17,19-20,22-26,28,31,33-43,45-46,48-52,54-55,57-69H2,1-3H3/b12-9-,21-18-,30-27-,32-29-,47-44-,56-53-. The molecule has 458 valence electrons. The fourth-order valence-electron chi connectivity index (χ4n) is 10.1. The van der Waals surface area contributed by atoms with E-state index in [-0.39, 0.29) is 37.5 Å². The van der Waals surface area contributed by atoms with E-state index in [1.54, 1.807) is 0 Å². The van der Waals surface area contributed by atoms with Crippen molar-refractivity contribution >= 4 is 17.9 Å². The normalized spacial score (nSPS) is 12.5. The van der Waals surface area contributed by atoms with Gasteiger partial charge in [0.1, 0.15) is 13.2 Å². The van der Waals surface area contributed by atoms with Gasteiger partial charge in [-0.3, -0.25) is 14.4 Å². The number of allylic oxidation sites excluding steroid dienone is 12. The predicted octanol–water partition coefficient (Wildman–Crippen LogP) is 23.7. The van der Waals surface area contributed by atoms with Gasteiger partial charge in [-0.15, -0.1) is 0 Å². The summed E-state index contributed by atoms with van der Waals surface area (Å²) in [7, 11) is 0. The minimum absolute atomic E-state index is 0.0916. The number of rotatable bonds is 63. The summed E-state index contributed by atoms with van der Waals surface area (Å²) in [6, 6.07) is 0. The Morgan fingerprint density at radius 3 is 0.835 bits per heavy atom. The molecule has 0 bridgehead atoms. The topological polar surface area (TPSA) is 78.9 Å². The number of ether oxygens (including phenoxy) is 3. The maximum absolute atomic E-state index is 12.9. The lowest BCUT2D eigenvalue weighted by atomic mass is 10.0. The van der Waals surface area contributed by atoms with Crippen molar-refractivity contribution in [2.75, 3.05) is 13.2 Å². The van der Waals surface area contributed by atoms with Crippen molar-refractivity contribution in [3.8, 4) is 0 Å². The number of hydrogen-bond acceptors (Lipinski definition) is 6. The van der Waals surface area contributed by atoms with E-state index in [0.717, 1.165) is 77.0 Å². The summed E-state index contributed by atoms with van der Waals surface area (Å²) in [5.74, 6) is -0.938. The third kappa shape index (κ3) is 65.5. The third-order valence-corrected chi connectivity index (χ3v) is 15.2. The van der Waals surface area contributed by atoms with E-state index >= 15 is 0 Å². The van der Waals surface area contributed by atoms with Crippen molar-refractivity contribution in [2.24, 2.45) is 0 Å². The SMILES string of the molecule is CC/C=C\C/C=C\C/C=C\C/C=C\C/C=C\CCCC(=O)OCC(COC(=O)CCCCCCCCCCCCCCCCCCCCCCCCCCCC)OC(=O)CCCCCCCCC/C=C\CCCCCCCCC. The van der Waals surface area contributed by atoms with E-state index in [9.17, 15) is 14.4 Å². The molecular weight excluding hydrogens is 973 g/mol. The van der Waals surface area contributed by atoms with Gasteiger partial charge in [0, 0.05) is 19.3 Å². The highest BCUT2D eigenvalue weighted by atomic mass is 16.6. The van der Waals surface area contributed by atoms with Crippen LogP contribution in [0.15, 0.2) is 72.9 Å². The average Bonchev–Trinajstić information content (AvgIpc) is 3.45. The maximum atomic E-state index is 12.9. The van der Waals surface area contributed by atoms with Crippen LogP contribution in [-0.2, 0) is 28.6 Å². The van der Waals surface area contributed by atoms with Gasteiger partial charge in [0.25, 0.3) is 0 Å². The first-order valence-electron chi connectivity index (χ1n) is 34.4. The Morgan fingerprint density at radius 2 is 0.506 bits per heavy atom. The van der Waals surface area contributed by atoms with Crippen molar-refractivity contribution in [2.45, 2.75) is 361 Å². The molecule has 0 spiro atoms. The molecule has 0 fully saturated rings. The Labute approximate surface area is 491 Å². The van der Waals surface area contributed by atoms with Crippen LogP contribution < -0.4 is 0 Å². The average molecular weight is 1100 g/mol. The first-order chi connectivity index (χ1) is 39.0. The fourth-order valence-corrected chi connectivity index (χ4v) is 10.1. The number of hydrogen-bond donors (Lipinski definition) is 0. The second kappa shape index (κ2) is 67.4. The Morgan fingerprint density at radius 1 is 0.266 bits per heavy atom. The van der Waals surface area contributed by atoms with Crippen molar-refractivity contribution in [1.29, 1.82) is 0 Å². The van der Waals surface area contributed by atoms with E-state index in [1.807, 2.05) is 0 Å². The quantitative estimate of drug-likeness (QED) is 0.0261. The van der Waals surface area contributed by atoms with Gasteiger partial charge in [0.05, 0.1) is 0 Å². The van der Waals surface area contributed by atoms with Gasteiger partial charge in [0.2, 0.25) is 0 Å². The summed E-state index contributed by atoms with van der Waals surface area (Å²) in [4.78, 5) is 38.4. The van der Waals surface area contributed by atoms with Crippen LogP contribution in [0.4, 0.5) is 0 Å². The molecule has 0 heterocycles. The minimum atomic E-state index is -0.801. The molecule has 0 aliphatic heterocycles. The van der Waals surface area contributed by atoms with Gasteiger partial charge in [-0.1, -0.05) is 325 Å². The highest BCUT2D eigenvalue weighted by molar-refractivity contribution is 5.71. The number of unbranched alkanes of at least 4 members (excludes halogenated alkanes) is 40. The molecule has 0 aliphatic rings. The number of esters is 3. The monoisotopic (exact) mass is 1100 g/mol. The van der Waals surface area contributed by atoms with Gasteiger partial charge < -0.3 is 14.2 Å². The Hall–Kier alpha value is -3.15. The Balaban J connectivity index is 4.33. The lowest BCUT2D eigenvalue weighted by Crippen LogP contribution is -2.30. The first kappa shape index (κ1) is 75.8. The van der Waals surface area contributed by atoms with Crippen LogP contribution >= 0.6 is 0 Å². The molecule has 0 saturated carbocycles. The molecule has 0 amide bonds. The zero-order chi connectivity index (χ0) is 57.1. The summed E-state index contributed by atoms with van der Waals surface area (Å²) in [5.41, 5.74) is 0. The molecule has 1 unspecified atom stereocenters. The maximum Gasteiger partial charge on any atom is 0.306 e. The summed E-state index contributed by atoms with van der Waals surface area (Å²) in [6.45, 7) is 6.53. The van der Waals surface area contributed by atoms with Crippen molar-refractivity contribution in [3.05, 3.63) is 72.9 Å². The summed E-state index contributed by atoms with van der Waals surface area (Å²) in [5, 5.41) is 0. The Kier molecular flexibility index (Phi) is 64.7. The van der Waals surface area contributed by atoms with Crippen LogP contribution in [0.3, 0.4) is 0 Å². The van der Waals surface area contributed by atoms with E-state index < -0.39 is 6.10 Å². The second-order valence-corrected chi connectivity index (χ2v) is 23.1. The molecule has 0 radical (unpaired) electrons. The molecular formula is C73H130O6. The van der Waals surface area contributed by atoms with Gasteiger partial charge in [-0.05, 0) is 83.5 Å². The summed E-state index contributed by atoms with van der Waals surface area (Å²) >= 11 is 0. The number of carbonyl (C=O) groups is 3. The van der Waals surface area contributed by atoms with E-state index in [0.29, 0.717) is 19.3 Å². The third-order valence-electron chi connectivity index (χ3n) is 15.2. The lowest BCUT2D eigenvalue weighted by molar-refractivity contribution is -0.167. The molecule has 6 nitrogen and oxygen atoms in total. The molecule has 0 aromatic heterocycles. The van der Waals surface area contributed by atoms with Gasteiger partial charge in [0.15, 0.2) is 6.10 Å². The molecule has 0 saturated heterocycles. The van der Waals surface area contributed by atoms with Crippen molar-refractivity contribution in [1.82, 2.24) is 0 Å². The van der Waals surface area contributed by atoms with Crippen LogP contribution in [0.1, 0.15) is 355 Å².